The zero-order chi connectivity index (χ0) is 18.4. The molecule has 0 unspecified atom stereocenters. The van der Waals surface area contributed by atoms with Crippen LogP contribution in [-0.2, 0) is 16.0 Å². The fraction of sp³-hybridized carbons (Fsp3) is 0.300. The van der Waals surface area contributed by atoms with Crippen LogP contribution >= 0.6 is 11.6 Å². The van der Waals surface area contributed by atoms with Crippen molar-refractivity contribution < 1.29 is 9.59 Å². The lowest BCUT2D eigenvalue weighted by Crippen LogP contribution is -2.33. The first-order chi connectivity index (χ1) is 12.6. The van der Waals surface area contributed by atoms with E-state index in [9.17, 15) is 9.59 Å². The average Bonchev–Trinajstić information content (AvgIpc) is 3.17. The quantitative estimate of drug-likeness (QED) is 0.819. The number of hydrogen-bond donors (Lipinski definition) is 2. The molecule has 0 radical (unpaired) electrons. The number of halogens is 1. The molecule has 1 aliphatic rings. The van der Waals surface area contributed by atoms with E-state index in [1.54, 1.807) is 24.3 Å². The lowest BCUT2D eigenvalue weighted by atomic mass is 10.1. The number of hydrogen-bond acceptors (Lipinski definition) is 3. The van der Waals surface area contributed by atoms with Gasteiger partial charge in [-0.3, -0.25) is 9.59 Å². The van der Waals surface area contributed by atoms with Crippen molar-refractivity contribution in [2.24, 2.45) is 0 Å². The Hall–Kier alpha value is -2.53. The van der Waals surface area contributed by atoms with Crippen LogP contribution in [0.2, 0.25) is 5.02 Å². The Kier molecular flexibility index (Phi) is 6.12. The molecule has 5 nitrogen and oxygen atoms in total. The Labute approximate surface area is 158 Å². The summed E-state index contributed by atoms with van der Waals surface area (Å²) in [5.41, 5.74) is 2.76. The summed E-state index contributed by atoms with van der Waals surface area (Å²) in [6, 6.07) is 14.9. The molecule has 6 heteroatoms. The summed E-state index contributed by atoms with van der Waals surface area (Å²) in [7, 11) is 0. The third-order valence-electron chi connectivity index (χ3n) is 4.35. The smallest absolute Gasteiger partial charge is 0.243 e. The molecular formula is C20H22ClN3O2. The predicted molar refractivity (Wildman–Crippen MR) is 105 cm³/mol. The molecule has 1 fully saturated rings. The largest absolute Gasteiger partial charge is 0.372 e. The molecule has 3 rings (SSSR count). The van der Waals surface area contributed by atoms with Crippen LogP contribution in [0.4, 0.5) is 11.4 Å². The van der Waals surface area contributed by atoms with Crippen LogP contribution in [0.15, 0.2) is 48.5 Å². The summed E-state index contributed by atoms with van der Waals surface area (Å²) in [5.74, 6) is -0.449. The van der Waals surface area contributed by atoms with Crippen molar-refractivity contribution in [3.63, 3.8) is 0 Å². The SMILES string of the molecule is O=C(Cc1ccc(Cl)cc1)NCC(=O)Nc1ccc(N2CCCC2)cc1. The first kappa shape index (κ1) is 18.3. The van der Waals surface area contributed by atoms with Gasteiger partial charge in [-0.25, -0.2) is 0 Å². The van der Waals surface area contributed by atoms with Crippen LogP contribution in [0.25, 0.3) is 0 Å². The van der Waals surface area contributed by atoms with Gasteiger partial charge in [0.1, 0.15) is 0 Å². The Morgan fingerprint density at radius 2 is 1.58 bits per heavy atom. The Morgan fingerprint density at radius 1 is 0.923 bits per heavy atom. The van der Waals surface area contributed by atoms with Crippen molar-refractivity contribution in [3.8, 4) is 0 Å². The molecule has 0 bridgehead atoms. The number of benzene rings is 2. The molecule has 0 saturated carbocycles. The molecule has 0 aromatic heterocycles. The van der Waals surface area contributed by atoms with Crippen LogP contribution in [0.3, 0.4) is 0 Å². The van der Waals surface area contributed by atoms with E-state index in [0.29, 0.717) is 5.02 Å². The van der Waals surface area contributed by atoms with Crippen LogP contribution in [0.5, 0.6) is 0 Å². The van der Waals surface area contributed by atoms with E-state index in [4.69, 9.17) is 11.6 Å². The highest BCUT2D eigenvalue weighted by atomic mass is 35.5. The Balaban J connectivity index is 1.43. The number of carbonyl (C=O) groups excluding carboxylic acids is 2. The maximum absolute atomic E-state index is 12.0. The van der Waals surface area contributed by atoms with Crippen molar-refractivity contribution in [2.75, 3.05) is 29.9 Å². The highest BCUT2D eigenvalue weighted by molar-refractivity contribution is 6.30. The molecule has 2 aromatic rings. The van der Waals surface area contributed by atoms with Crippen LogP contribution in [0.1, 0.15) is 18.4 Å². The molecule has 0 atom stereocenters. The van der Waals surface area contributed by atoms with Gasteiger partial charge < -0.3 is 15.5 Å². The predicted octanol–water partition coefficient (Wildman–Crippen LogP) is 3.24. The van der Waals surface area contributed by atoms with E-state index >= 15 is 0 Å². The van der Waals surface area contributed by atoms with Crippen LogP contribution in [0, 0.1) is 0 Å². The van der Waals surface area contributed by atoms with Crippen molar-refractivity contribution >= 4 is 34.8 Å². The lowest BCUT2D eigenvalue weighted by molar-refractivity contribution is -0.123. The number of nitrogens with zero attached hydrogens (tertiary/aromatic N) is 1. The van der Waals surface area contributed by atoms with Crippen LogP contribution in [-0.4, -0.2) is 31.4 Å². The van der Waals surface area contributed by atoms with Gasteiger partial charge in [0.25, 0.3) is 0 Å². The molecule has 26 heavy (non-hydrogen) atoms. The van der Waals surface area contributed by atoms with Gasteiger partial charge in [0.15, 0.2) is 0 Å². The summed E-state index contributed by atoms with van der Waals surface area (Å²) in [6.45, 7) is 2.12. The second-order valence-electron chi connectivity index (χ2n) is 6.37. The first-order valence-corrected chi connectivity index (χ1v) is 9.14. The number of amides is 2. The second-order valence-corrected chi connectivity index (χ2v) is 6.81. The Morgan fingerprint density at radius 3 is 2.23 bits per heavy atom. The zero-order valence-electron chi connectivity index (χ0n) is 14.5. The zero-order valence-corrected chi connectivity index (χ0v) is 15.3. The number of anilines is 2. The van der Waals surface area contributed by atoms with Crippen molar-refractivity contribution in [1.82, 2.24) is 5.32 Å². The molecule has 1 saturated heterocycles. The van der Waals surface area contributed by atoms with Gasteiger partial charge in [0, 0.05) is 29.5 Å². The number of rotatable bonds is 6. The second kappa shape index (κ2) is 8.72. The highest BCUT2D eigenvalue weighted by Crippen LogP contribution is 2.21. The van der Waals surface area contributed by atoms with Crippen LogP contribution < -0.4 is 15.5 Å². The monoisotopic (exact) mass is 371 g/mol. The first-order valence-electron chi connectivity index (χ1n) is 8.76. The lowest BCUT2D eigenvalue weighted by Gasteiger charge is -2.17. The van der Waals surface area contributed by atoms with Gasteiger partial charge >= 0.3 is 0 Å². The Bertz CT molecular complexity index is 754. The third kappa shape index (κ3) is 5.23. The summed E-state index contributed by atoms with van der Waals surface area (Å²) in [4.78, 5) is 26.3. The summed E-state index contributed by atoms with van der Waals surface area (Å²) in [5, 5.41) is 6.06. The number of carbonyl (C=O) groups is 2. The average molecular weight is 372 g/mol. The topological polar surface area (TPSA) is 61.4 Å². The van der Waals surface area contributed by atoms with E-state index < -0.39 is 0 Å². The van der Waals surface area contributed by atoms with Crippen molar-refractivity contribution in [1.29, 1.82) is 0 Å². The highest BCUT2D eigenvalue weighted by Gasteiger charge is 2.12. The molecule has 2 N–H and O–H groups in total. The third-order valence-corrected chi connectivity index (χ3v) is 4.60. The van der Waals surface area contributed by atoms with Gasteiger partial charge in [0.05, 0.1) is 13.0 Å². The molecule has 1 heterocycles. The maximum atomic E-state index is 12.0. The maximum Gasteiger partial charge on any atom is 0.243 e. The molecule has 2 aromatic carbocycles. The van der Waals surface area contributed by atoms with Crippen molar-refractivity contribution in [2.45, 2.75) is 19.3 Å². The molecule has 1 aliphatic heterocycles. The standard InChI is InChI=1S/C20H22ClN3O2/c21-16-5-3-15(4-6-16)13-19(25)22-14-20(26)23-17-7-9-18(10-8-17)24-11-1-2-12-24/h3-10H,1-2,11-14H2,(H,22,25)(H,23,26). The van der Waals surface area contributed by atoms with E-state index in [1.165, 1.54) is 18.5 Å². The molecular weight excluding hydrogens is 350 g/mol. The van der Waals surface area contributed by atoms with E-state index in [-0.39, 0.29) is 24.8 Å². The van der Waals surface area contributed by atoms with Gasteiger partial charge in [-0.05, 0) is 54.8 Å². The minimum absolute atomic E-state index is 0.0553. The summed E-state index contributed by atoms with van der Waals surface area (Å²) in [6.07, 6.45) is 2.68. The fourth-order valence-electron chi connectivity index (χ4n) is 2.97. The summed E-state index contributed by atoms with van der Waals surface area (Å²) >= 11 is 5.82. The normalized spacial score (nSPS) is 13.5. The molecule has 2 amide bonds. The van der Waals surface area contributed by atoms with E-state index in [2.05, 4.69) is 15.5 Å². The molecule has 0 spiro atoms. The van der Waals surface area contributed by atoms with Gasteiger partial charge in [-0.15, -0.1) is 0 Å². The van der Waals surface area contributed by atoms with E-state index in [0.717, 1.165) is 24.3 Å². The van der Waals surface area contributed by atoms with Crippen molar-refractivity contribution in [3.05, 3.63) is 59.1 Å². The van der Waals surface area contributed by atoms with Gasteiger partial charge in [0.2, 0.25) is 11.8 Å². The minimum Gasteiger partial charge on any atom is -0.372 e. The van der Waals surface area contributed by atoms with Gasteiger partial charge in [-0.2, -0.15) is 0 Å². The fourth-order valence-corrected chi connectivity index (χ4v) is 3.09. The van der Waals surface area contributed by atoms with E-state index in [1.807, 2.05) is 24.3 Å². The van der Waals surface area contributed by atoms with Gasteiger partial charge in [-0.1, -0.05) is 23.7 Å². The molecule has 0 aliphatic carbocycles. The summed E-state index contributed by atoms with van der Waals surface area (Å²) < 4.78 is 0. The molecule has 136 valence electrons. The minimum atomic E-state index is -0.247. The number of nitrogens with one attached hydrogen (secondary N) is 2.